The van der Waals surface area contributed by atoms with E-state index in [1.54, 1.807) is 0 Å². The summed E-state index contributed by atoms with van der Waals surface area (Å²) in [4.78, 5) is 12.0. The van der Waals surface area contributed by atoms with E-state index in [9.17, 15) is 9.90 Å². The minimum absolute atomic E-state index is 0.0193. The molecule has 9 nitrogen and oxygen atoms in total. The van der Waals surface area contributed by atoms with E-state index in [1.165, 1.54) is 167 Å². The Hall–Kier alpha value is -0.650. The molecule has 0 aliphatic heterocycles. The van der Waals surface area contributed by atoms with E-state index in [4.69, 9.17) is 33.2 Å². The molecule has 0 spiro atoms. The first-order valence-corrected chi connectivity index (χ1v) is 32.1. The topological polar surface area (TPSA) is 102 Å². The number of rotatable bonds is 18. The average molecular weight is 1030 g/mol. The van der Waals surface area contributed by atoms with Gasteiger partial charge in [-0.15, -0.1) is 0 Å². The van der Waals surface area contributed by atoms with E-state index in [-0.39, 0.29) is 18.1 Å². The average Bonchev–Trinajstić information content (AvgIpc) is 4.31. The maximum atomic E-state index is 12.0. The molecule has 0 radical (unpaired) electrons. The molecule has 0 aromatic carbocycles. The van der Waals surface area contributed by atoms with E-state index in [2.05, 4.69) is 34.6 Å². The number of aliphatic hydroxyl groups excluding tert-OH is 1. The summed E-state index contributed by atoms with van der Waals surface area (Å²) in [5, 5.41) is 9.63. The third kappa shape index (κ3) is 22.6. The van der Waals surface area contributed by atoms with Gasteiger partial charge >= 0.3 is 0 Å². The molecule has 12 saturated carbocycles. The molecule has 12 aliphatic carbocycles. The molecule has 73 heavy (non-hydrogen) atoms. The predicted octanol–water partition coefficient (Wildman–Crippen LogP) is 15.1. The van der Waals surface area contributed by atoms with Gasteiger partial charge in [-0.1, -0.05) is 70.6 Å². The summed E-state index contributed by atoms with van der Waals surface area (Å²) in [6, 6.07) is 0. The fourth-order valence-corrected chi connectivity index (χ4v) is 15.7. The van der Waals surface area contributed by atoms with Crippen molar-refractivity contribution in [2.75, 3.05) is 72.7 Å². The van der Waals surface area contributed by atoms with Gasteiger partial charge in [0.1, 0.15) is 5.78 Å². The van der Waals surface area contributed by atoms with E-state index in [1.807, 2.05) is 13.8 Å². The van der Waals surface area contributed by atoms with Gasteiger partial charge in [-0.3, -0.25) is 4.79 Å². The van der Waals surface area contributed by atoms with Crippen molar-refractivity contribution < 1.29 is 43.1 Å². The standard InChI is InChI=1S/C12H18O2.C10H18O2.C10H18O.C9H18O.2C8H16O.C7H14O/c1-2-14-12-9-4-7-3-8(6-9)11(13)10(12)5-7;1-2-12-6-8-3-7-4-9(8)10(11)5-7;1-2-11-7-10-6-8-3-4-9(10)5-8;1-2-10-8-9-6-4-3-5-7-9;1-2-9-7-8-5-3-4-6-8;1-2-9-8-6-4-3-5-7-8;1-2-8-7-5-3-4-6-7/h7-10,12H,2-6H2,1H3;7-11H,2-6H2,1H3;8-10H,2-7H2,1H3;9H,2-8H2,1H3;2*8H,2-7H2,1H3;7H,2-6H2,1H3. The number of carbonyl (C=O) groups excluding carboxylic acids is 1. The fourth-order valence-electron chi connectivity index (χ4n) is 15.7. The van der Waals surface area contributed by atoms with Crippen LogP contribution < -0.4 is 0 Å². The Kier molecular flexibility index (Phi) is 32.3. The van der Waals surface area contributed by atoms with Crippen LogP contribution in [0.5, 0.6) is 0 Å². The highest BCUT2D eigenvalue weighted by Crippen LogP contribution is 2.53. The Morgan fingerprint density at radius 2 is 0.863 bits per heavy atom. The van der Waals surface area contributed by atoms with Crippen molar-refractivity contribution in [1.82, 2.24) is 0 Å². The third-order valence-electron chi connectivity index (χ3n) is 19.3. The van der Waals surface area contributed by atoms with E-state index in [0.717, 1.165) is 133 Å². The second-order valence-corrected chi connectivity index (χ2v) is 24.6. The largest absolute Gasteiger partial charge is 0.393 e. The van der Waals surface area contributed by atoms with Gasteiger partial charge < -0.3 is 38.3 Å². The summed E-state index contributed by atoms with van der Waals surface area (Å²) >= 11 is 0. The van der Waals surface area contributed by atoms with Crippen molar-refractivity contribution in [2.24, 2.45) is 71.0 Å². The smallest absolute Gasteiger partial charge is 0.141 e. The molecular weight excluding hydrogens is 913 g/mol. The van der Waals surface area contributed by atoms with Crippen LogP contribution in [0.3, 0.4) is 0 Å². The van der Waals surface area contributed by atoms with Gasteiger partial charge in [0.15, 0.2) is 0 Å². The lowest BCUT2D eigenvalue weighted by Crippen LogP contribution is -2.54. The summed E-state index contributed by atoms with van der Waals surface area (Å²) in [5.41, 5.74) is 0. The monoisotopic (exact) mass is 1030 g/mol. The lowest BCUT2D eigenvalue weighted by atomic mass is 9.54. The third-order valence-corrected chi connectivity index (χ3v) is 19.3. The maximum Gasteiger partial charge on any atom is 0.141 e. The first-order chi connectivity index (χ1) is 35.7. The normalized spacial score (nSPS) is 34.1. The molecule has 0 aromatic rings. The molecule has 428 valence electrons. The Morgan fingerprint density at radius 3 is 1.34 bits per heavy atom. The van der Waals surface area contributed by atoms with Gasteiger partial charge in [0, 0.05) is 84.5 Å². The lowest BCUT2D eigenvalue weighted by molar-refractivity contribution is -0.161. The molecule has 0 saturated heterocycles. The Balaban J connectivity index is 0.000000159. The van der Waals surface area contributed by atoms with E-state index < -0.39 is 0 Å². The zero-order chi connectivity index (χ0) is 52.0. The summed E-state index contributed by atoms with van der Waals surface area (Å²) < 4.78 is 38.2. The second-order valence-electron chi connectivity index (χ2n) is 24.6. The second kappa shape index (κ2) is 37.3. The molecule has 8 bridgehead atoms. The van der Waals surface area contributed by atoms with Gasteiger partial charge in [0.2, 0.25) is 0 Å². The molecule has 1 N–H and O–H groups in total. The molecule has 0 heterocycles. The highest BCUT2D eigenvalue weighted by Gasteiger charge is 2.53. The molecule has 12 unspecified atom stereocenters. The van der Waals surface area contributed by atoms with Crippen LogP contribution in [0.1, 0.15) is 235 Å². The number of aliphatic hydroxyl groups is 1. The minimum Gasteiger partial charge on any atom is -0.393 e. The first kappa shape index (κ1) is 63.2. The summed E-state index contributed by atoms with van der Waals surface area (Å²) in [5.74, 6) is 9.57. The summed E-state index contributed by atoms with van der Waals surface area (Å²) in [6.45, 7) is 24.4. The Labute approximate surface area is 449 Å². The SMILES string of the molecule is CCOC1C2CC3CC(C2)C(=O)C1C3.CCOC1CCCC1.CCOC1CCCCC1.CCOCC1CC2CC(O)C1C2.CCOCC1CC2CCC1C2.CCOCC1CCCC1.CCOCC1CCCCC1. The zero-order valence-corrected chi connectivity index (χ0v) is 48.7. The highest BCUT2D eigenvalue weighted by atomic mass is 16.5. The van der Waals surface area contributed by atoms with Crippen LogP contribution in [0, 0.1) is 71.0 Å². The van der Waals surface area contributed by atoms with Crippen molar-refractivity contribution in [3.8, 4) is 0 Å². The number of fused-ring (bicyclic) bond motifs is 4. The minimum atomic E-state index is -0.0193. The van der Waals surface area contributed by atoms with Crippen LogP contribution in [-0.4, -0.2) is 108 Å². The number of carbonyl (C=O) groups is 1. The van der Waals surface area contributed by atoms with Crippen molar-refractivity contribution in [2.45, 2.75) is 259 Å². The van der Waals surface area contributed by atoms with Gasteiger partial charge in [-0.25, -0.2) is 0 Å². The van der Waals surface area contributed by atoms with Gasteiger partial charge in [0.25, 0.3) is 0 Å². The van der Waals surface area contributed by atoms with E-state index in [0.29, 0.717) is 41.7 Å². The predicted molar refractivity (Wildman–Crippen MR) is 299 cm³/mol. The first-order valence-electron chi connectivity index (χ1n) is 32.1. The maximum absolute atomic E-state index is 12.0. The van der Waals surface area contributed by atoms with E-state index >= 15 is 0 Å². The Morgan fingerprint density at radius 1 is 0.397 bits per heavy atom. The van der Waals surface area contributed by atoms with Gasteiger partial charge in [0.05, 0.1) is 24.4 Å². The van der Waals surface area contributed by atoms with Crippen molar-refractivity contribution in [1.29, 1.82) is 0 Å². The van der Waals surface area contributed by atoms with Crippen LogP contribution in [0.25, 0.3) is 0 Å². The van der Waals surface area contributed by atoms with Crippen LogP contribution in [0.15, 0.2) is 0 Å². The Bertz CT molecular complexity index is 1350. The van der Waals surface area contributed by atoms with Crippen molar-refractivity contribution in [3.63, 3.8) is 0 Å². The molecule has 12 aliphatic rings. The van der Waals surface area contributed by atoms with Crippen LogP contribution in [0.2, 0.25) is 0 Å². The molecule has 12 atom stereocenters. The van der Waals surface area contributed by atoms with Crippen LogP contribution in [0.4, 0.5) is 0 Å². The lowest BCUT2D eigenvalue weighted by Gasteiger charge is -2.52. The van der Waals surface area contributed by atoms with Crippen molar-refractivity contribution in [3.05, 3.63) is 0 Å². The van der Waals surface area contributed by atoms with Crippen LogP contribution >= 0.6 is 0 Å². The quantitative estimate of drug-likeness (QED) is 0.144. The molecule has 0 amide bonds. The van der Waals surface area contributed by atoms with Gasteiger partial charge in [-0.05, 0) is 223 Å². The molecule has 12 fully saturated rings. The highest BCUT2D eigenvalue weighted by molar-refractivity contribution is 5.86. The fraction of sp³-hybridized carbons (Fsp3) is 0.984. The molecule has 0 aromatic heterocycles. The van der Waals surface area contributed by atoms with Crippen LogP contribution in [-0.2, 0) is 38.0 Å². The van der Waals surface area contributed by atoms with Gasteiger partial charge in [-0.2, -0.15) is 0 Å². The number of ketones is 1. The number of hydrogen-bond donors (Lipinski definition) is 1. The number of Topliss-reactive ketones (excluding diaryl/α,β-unsaturated/α-hetero) is 1. The summed E-state index contributed by atoms with van der Waals surface area (Å²) in [6.07, 6.45) is 40.7. The van der Waals surface area contributed by atoms with Crippen molar-refractivity contribution >= 4 is 5.78 Å². The summed E-state index contributed by atoms with van der Waals surface area (Å²) in [7, 11) is 0. The number of ether oxygens (including phenoxy) is 7. The molecule has 9 heteroatoms. The molecular formula is C64H118O9. The number of hydrogen-bond acceptors (Lipinski definition) is 9. The zero-order valence-electron chi connectivity index (χ0n) is 48.7. The molecule has 12 rings (SSSR count).